The molecule has 3 rings (SSSR count). The fourth-order valence-electron chi connectivity index (χ4n) is 4.04. The Kier molecular flexibility index (Phi) is 5.14. The highest BCUT2D eigenvalue weighted by Gasteiger charge is 2.30. The molecule has 0 bridgehead atoms. The summed E-state index contributed by atoms with van der Waals surface area (Å²) < 4.78 is 0. The van der Waals surface area contributed by atoms with E-state index < -0.39 is 0 Å². The molecule has 1 heterocycles. The SMILES string of the molecule is CCC(C(=O)N1CCN(C2CCCC2)CC1)c1ccccc1. The summed E-state index contributed by atoms with van der Waals surface area (Å²) in [5.74, 6) is 0.346. The molecule has 2 fully saturated rings. The molecule has 2 aliphatic rings. The van der Waals surface area contributed by atoms with Gasteiger partial charge in [-0.2, -0.15) is 0 Å². The number of piperazine rings is 1. The summed E-state index contributed by atoms with van der Waals surface area (Å²) in [6.07, 6.45) is 6.36. The van der Waals surface area contributed by atoms with Gasteiger partial charge in [-0.3, -0.25) is 9.69 Å². The molecule has 22 heavy (non-hydrogen) atoms. The molecule has 0 N–H and O–H groups in total. The summed E-state index contributed by atoms with van der Waals surface area (Å²) in [4.78, 5) is 17.6. The fraction of sp³-hybridized carbons (Fsp3) is 0.632. The van der Waals surface area contributed by atoms with Crippen LogP contribution in [0.5, 0.6) is 0 Å². The number of carbonyl (C=O) groups is 1. The molecule has 1 unspecified atom stereocenters. The molecule has 3 nitrogen and oxygen atoms in total. The maximum Gasteiger partial charge on any atom is 0.230 e. The molecule has 1 aromatic carbocycles. The van der Waals surface area contributed by atoms with Gasteiger partial charge in [0.15, 0.2) is 0 Å². The summed E-state index contributed by atoms with van der Waals surface area (Å²) in [5.41, 5.74) is 1.16. The Balaban J connectivity index is 1.58. The zero-order valence-corrected chi connectivity index (χ0v) is 13.7. The van der Waals surface area contributed by atoms with Crippen molar-refractivity contribution in [3.63, 3.8) is 0 Å². The lowest BCUT2D eigenvalue weighted by Crippen LogP contribution is -2.52. The van der Waals surface area contributed by atoms with Gasteiger partial charge in [0.2, 0.25) is 5.91 Å². The van der Waals surface area contributed by atoms with Crippen molar-refractivity contribution in [2.45, 2.75) is 51.0 Å². The standard InChI is InChI=1S/C19H28N2O/c1-2-18(16-8-4-3-5-9-16)19(22)21-14-12-20(13-15-21)17-10-6-7-11-17/h3-5,8-9,17-18H,2,6-7,10-15H2,1H3. The van der Waals surface area contributed by atoms with Gasteiger partial charge in [0.1, 0.15) is 0 Å². The van der Waals surface area contributed by atoms with E-state index in [1.807, 2.05) is 18.2 Å². The molecule has 3 heteroatoms. The number of amides is 1. The molecule has 1 saturated heterocycles. The van der Waals surface area contributed by atoms with Crippen LogP contribution < -0.4 is 0 Å². The van der Waals surface area contributed by atoms with E-state index in [9.17, 15) is 4.79 Å². The summed E-state index contributed by atoms with van der Waals surface area (Å²) in [6.45, 7) is 6.03. The molecule has 1 saturated carbocycles. The second-order valence-corrected chi connectivity index (χ2v) is 6.67. The van der Waals surface area contributed by atoms with E-state index in [1.54, 1.807) is 0 Å². The van der Waals surface area contributed by atoms with Crippen molar-refractivity contribution < 1.29 is 4.79 Å². The topological polar surface area (TPSA) is 23.6 Å². The highest BCUT2D eigenvalue weighted by atomic mass is 16.2. The number of hydrogen-bond donors (Lipinski definition) is 0. The van der Waals surface area contributed by atoms with Crippen molar-refractivity contribution in [3.8, 4) is 0 Å². The van der Waals surface area contributed by atoms with E-state index >= 15 is 0 Å². The molecule has 120 valence electrons. The van der Waals surface area contributed by atoms with E-state index in [0.29, 0.717) is 5.91 Å². The molecular formula is C19H28N2O. The average molecular weight is 300 g/mol. The van der Waals surface area contributed by atoms with Gasteiger partial charge in [-0.05, 0) is 24.8 Å². The van der Waals surface area contributed by atoms with E-state index in [1.165, 1.54) is 25.7 Å². The van der Waals surface area contributed by atoms with Crippen molar-refractivity contribution in [3.05, 3.63) is 35.9 Å². The van der Waals surface area contributed by atoms with Crippen molar-refractivity contribution in [2.24, 2.45) is 0 Å². The first-order valence-electron chi connectivity index (χ1n) is 8.87. The van der Waals surface area contributed by atoms with Crippen LogP contribution in [0, 0.1) is 0 Å². The third kappa shape index (κ3) is 3.35. The van der Waals surface area contributed by atoms with Gasteiger partial charge in [-0.15, -0.1) is 0 Å². The Morgan fingerprint density at radius 3 is 2.32 bits per heavy atom. The minimum Gasteiger partial charge on any atom is -0.340 e. The number of hydrogen-bond acceptors (Lipinski definition) is 2. The summed E-state index contributed by atoms with van der Waals surface area (Å²) in [6, 6.07) is 11.0. The van der Waals surface area contributed by atoms with Crippen LogP contribution in [-0.2, 0) is 4.79 Å². The molecule has 1 amide bonds. The van der Waals surface area contributed by atoms with Crippen LogP contribution in [0.1, 0.15) is 50.5 Å². The maximum atomic E-state index is 12.9. The first kappa shape index (κ1) is 15.5. The number of benzene rings is 1. The maximum absolute atomic E-state index is 12.9. The van der Waals surface area contributed by atoms with E-state index in [4.69, 9.17) is 0 Å². The summed E-state index contributed by atoms with van der Waals surface area (Å²) in [7, 11) is 0. The first-order chi connectivity index (χ1) is 10.8. The Hall–Kier alpha value is -1.35. The fourth-order valence-corrected chi connectivity index (χ4v) is 4.04. The Morgan fingerprint density at radius 2 is 1.73 bits per heavy atom. The Labute approximate surface area is 134 Å². The lowest BCUT2D eigenvalue weighted by Gasteiger charge is -2.39. The molecule has 0 radical (unpaired) electrons. The lowest BCUT2D eigenvalue weighted by molar-refractivity contribution is -0.135. The van der Waals surface area contributed by atoms with Crippen LogP contribution in [-0.4, -0.2) is 47.9 Å². The van der Waals surface area contributed by atoms with Crippen LogP contribution >= 0.6 is 0 Å². The predicted molar refractivity (Wildman–Crippen MR) is 89.9 cm³/mol. The van der Waals surface area contributed by atoms with E-state index in [2.05, 4.69) is 28.9 Å². The van der Waals surface area contributed by atoms with E-state index in [-0.39, 0.29) is 5.92 Å². The van der Waals surface area contributed by atoms with Crippen LogP contribution in [0.15, 0.2) is 30.3 Å². The highest BCUT2D eigenvalue weighted by molar-refractivity contribution is 5.83. The number of rotatable bonds is 4. The van der Waals surface area contributed by atoms with Crippen molar-refractivity contribution in [1.29, 1.82) is 0 Å². The highest BCUT2D eigenvalue weighted by Crippen LogP contribution is 2.26. The number of carbonyl (C=O) groups excluding carboxylic acids is 1. The molecule has 1 atom stereocenters. The third-order valence-corrected chi connectivity index (χ3v) is 5.38. The first-order valence-corrected chi connectivity index (χ1v) is 8.87. The summed E-state index contributed by atoms with van der Waals surface area (Å²) in [5, 5.41) is 0. The van der Waals surface area contributed by atoms with Gasteiger partial charge >= 0.3 is 0 Å². The second kappa shape index (κ2) is 7.28. The minimum absolute atomic E-state index is 0.0271. The lowest BCUT2D eigenvalue weighted by atomic mass is 9.94. The zero-order chi connectivity index (χ0) is 15.4. The van der Waals surface area contributed by atoms with Gasteiger partial charge in [-0.1, -0.05) is 50.1 Å². The van der Waals surface area contributed by atoms with Crippen molar-refractivity contribution in [1.82, 2.24) is 9.80 Å². The average Bonchev–Trinajstić information content (AvgIpc) is 3.11. The number of nitrogens with zero attached hydrogens (tertiary/aromatic N) is 2. The van der Waals surface area contributed by atoms with E-state index in [0.717, 1.165) is 44.2 Å². The minimum atomic E-state index is 0.0271. The van der Waals surface area contributed by atoms with Crippen molar-refractivity contribution >= 4 is 5.91 Å². The van der Waals surface area contributed by atoms with Gasteiger partial charge in [0.25, 0.3) is 0 Å². The zero-order valence-electron chi connectivity index (χ0n) is 13.7. The largest absolute Gasteiger partial charge is 0.340 e. The molecule has 1 aliphatic heterocycles. The Morgan fingerprint density at radius 1 is 1.09 bits per heavy atom. The molecular weight excluding hydrogens is 272 g/mol. The molecule has 1 aliphatic carbocycles. The smallest absolute Gasteiger partial charge is 0.230 e. The third-order valence-electron chi connectivity index (χ3n) is 5.38. The van der Waals surface area contributed by atoms with Gasteiger partial charge < -0.3 is 4.90 Å². The van der Waals surface area contributed by atoms with Crippen LogP contribution in [0.25, 0.3) is 0 Å². The second-order valence-electron chi connectivity index (χ2n) is 6.67. The van der Waals surface area contributed by atoms with Crippen LogP contribution in [0.4, 0.5) is 0 Å². The van der Waals surface area contributed by atoms with Crippen LogP contribution in [0.2, 0.25) is 0 Å². The van der Waals surface area contributed by atoms with Crippen LogP contribution in [0.3, 0.4) is 0 Å². The molecule has 0 aromatic heterocycles. The normalized spacial score (nSPS) is 22.0. The molecule has 0 spiro atoms. The van der Waals surface area contributed by atoms with Crippen molar-refractivity contribution in [2.75, 3.05) is 26.2 Å². The van der Waals surface area contributed by atoms with Gasteiger partial charge in [0.05, 0.1) is 5.92 Å². The van der Waals surface area contributed by atoms with Gasteiger partial charge in [-0.25, -0.2) is 0 Å². The molecule has 1 aromatic rings. The monoisotopic (exact) mass is 300 g/mol. The van der Waals surface area contributed by atoms with Gasteiger partial charge in [0, 0.05) is 32.2 Å². The Bertz CT molecular complexity index is 473. The summed E-state index contributed by atoms with van der Waals surface area (Å²) >= 11 is 0. The quantitative estimate of drug-likeness (QED) is 0.852. The predicted octanol–water partition coefficient (Wildman–Crippen LogP) is 3.27.